The highest BCUT2D eigenvalue weighted by Crippen LogP contribution is 2.30. The van der Waals surface area contributed by atoms with E-state index in [0.717, 1.165) is 33.9 Å². The first-order chi connectivity index (χ1) is 9.79. The number of ether oxygens (including phenoxy) is 1. The van der Waals surface area contributed by atoms with Gasteiger partial charge in [-0.3, -0.25) is 5.10 Å². The first-order valence-electron chi connectivity index (χ1n) is 6.58. The van der Waals surface area contributed by atoms with Crippen LogP contribution in [-0.2, 0) is 0 Å². The lowest BCUT2D eigenvalue weighted by Gasteiger charge is -2.12. The topological polar surface area (TPSA) is 62.8 Å². The molecule has 0 atom stereocenters. The number of nitrogens with zero attached hydrogens (tertiary/aromatic N) is 2. The van der Waals surface area contributed by atoms with Crippen LogP contribution in [-0.4, -0.2) is 21.8 Å². The lowest BCUT2D eigenvalue weighted by molar-refractivity contribution is 0.342. The highest BCUT2D eigenvalue weighted by atomic mass is 16.5. The maximum atomic E-state index is 5.62. The molecule has 0 aliphatic carbocycles. The lowest BCUT2D eigenvalue weighted by Crippen LogP contribution is -1.99. The van der Waals surface area contributed by atoms with Crippen LogP contribution in [0.4, 0.5) is 11.5 Å². The molecule has 0 radical (unpaired) electrons. The van der Waals surface area contributed by atoms with Crippen LogP contribution >= 0.6 is 0 Å². The van der Waals surface area contributed by atoms with Crippen molar-refractivity contribution in [1.29, 1.82) is 0 Å². The zero-order valence-electron chi connectivity index (χ0n) is 11.5. The minimum Gasteiger partial charge on any atom is -0.492 e. The fourth-order valence-corrected chi connectivity index (χ4v) is 2.19. The summed E-state index contributed by atoms with van der Waals surface area (Å²) in [6, 6.07) is 9.74. The van der Waals surface area contributed by atoms with E-state index in [9.17, 15) is 0 Å². The third kappa shape index (κ3) is 2.18. The number of nitrogens with one attached hydrogen (secondary N) is 2. The van der Waals surface area contributed by atoms with Gasteiger partial charge >= 0.3 is 0 Å². The van der Waals surface area contributed by atoms with Gasteiger partial charge in [0.05, 0.1) is 28.9 Å². The fraction of sp³-hybridized carbons (Fsp3) is 0.200. The van der Waals surface area contributed by atoms with Crippen molar-refractivity contribution in [3.63, 3.8) is 0 Å². The number of hydrogen-bond donors (Lipinski definition) is 2. The summed E-state index contributed by atoms with van der Waals surface area (Å²) in [4.78, 5) is 4.41. The van der Waals surface area contributed by atoms with E-state index < -0.39 is 0 Å². The Morgan fingerprint density at radius 2 is 2.10 bits per heavy atom. The second-order valence-corrected chi connectivity index (χ2v) is 4.45. The Morgan fingerprint density at radius 3 is 2.95 bits per heavy atom. The average molecular weight is 268 g/mol. The molecule has 3 aromatic rings. The Balaban J connectivity index is 2.03. The van der Waals surface area contributed by atoms with Gasteiger partial charge in [0.2, 0.25) is 0 Å². The van der Waals surface area contributed by atoms with E-state index in [1.807, 2.05) is 44.2 Å². The van der Waals surface area contributed by atoms with E-state index in [0.29, 0.717) is 6.61 Å². The number of benzene rings is 1. The van der Waals surface area contributed by atoms with Crippen molar-refractivity contribution < 1.29 is 4.74 Å². The summed E-state index contributed by atoms with van der Waals surface area (Å²) >= 11 is 0. The average Bonchev–Trinajstić information content (AvgIpc) is 2.84. The lowest BCUT2D eigenvalue weighted by atomic mass is 10.2. The second kappa shape index (κ2) is 5.21. The van der Waals surface area contributed by atoms with Crippen molar-refractivity contribution in [3.05, 3.63) is 42.2 Å². The molecule has 0 amide bonds. The zero-order chi connectivity index (χ0) is 13.9. The van der Waals surface area contributed by atoms with Crippen molar-refractivity contribution >= 4 is 22.4 Å². The van der Waals surface area contributed by atoms with Gasteiger partial charge in [0.25, 0.3) is 0 Å². The molecule has 0 spiro atoms. The molecule has 0 aliphatic heterocycles. The summed E-state index contributed by atoms with van der Waals surface area (Å²) in [5, 5.41) is 11.5. The third-order valence-electron chi connectivity index (χ3n) is 3.10. The van der Waals surface area contributed by atoms with E-state index in [4.69, 9.17) is 4.74 Å². The number of pyridine rings is 1. The summed E-state index contributed by atoms with van der Waals surface area (Å²) in [6.45, 7) is 4.55. The molecule has 0 unspecified atom stereocenters. The Hall–Kier alpha value is -2.56. The van der Waals surface area contributed by atoms with Gasteiger partial charge in [0, 0.05) is 6.20 Å². The maximum absolute atomic E-state index is 5.62. The molecular weight excluding hydrogens is 252 g/mol. The van der Waals surface area contributed by atoms with E-state index in [1.165, 1.54) is 0 Å². The maximum Gasteiger partial charge on any atom is 0.142 e. The highest BCUT2D eigenvalue weighted by Gasteiger charge is 2.10. The van der Waals surface area contributed by atoms with Crippen molar-refractivity contribution in [2.24, 2.45) is 0 Å². The van der Waals surface area contributed by atoms with Gasteiger partial charge in [0.15, 0.2) is 0 Å². The Kier molecular flexibility index (Phi) is 3.25. The zero-order valence-corrected chi connectivity index (χ0v) is 11.5. The predicted octanol–water partition coefficient (Wildman–Crippen LogP) is 3.41. The summed E-state index contributed by atoms with van der Waals surface area (Å²) < 4.78 is 5.62. The van der Waals surface area contributed by atoms with Crippen LogP contribution in [0.2, 0.25) is 0 Å². The van der Waals surface area contributed by atoms with E-state index in [2.05, 4.69) is 20.5 Å². The van der Waals surface area contributed by atoms with Gasteiger partial charge in [-0.15, -0.1) is 0 Å². The van der Waals surface area contributed by atoms with Gasteiger partial charge in [-0.2, -0.15) is 5.10 Å². The minimum absolute atomic E-state index is 0.626. The quantitative estimate of drug-likeness (QED) is 0.761. The molecule has 20 heavy (non-hydrogen) atoms. The van der Waals surface area contributed by atoms with Gasteiger partial charge in [-0.05, 0) is 32.0 Å². The van der Waals surface area contributed by atoms with E-state index in [1.54, 1.807) is 6.20 Å². The number of aromatic amines is 1. The third-order valence-corrected chi connectivity index (χ3v) is 3.10. The monoisotopic (exact) mass is 268 g/mol. The summed E-state index contributed by atoms with van der Waals surface area (Å²) in [5.41, 5.74) is 2.79. The molecule has 5 heteroatoms. The number of aryl methyl sites for hydroxylation is 1. The van der Waals surface area contributed by atoms with E-state index >= 15 is 0 Å². The van der Waals surface area contributed by atoms with Gasteiger partial charge in [-0.1, -0.05) is 12.1 Å². The highest BCUT2D eigenvalue weighted by molar-refractivity contribution is 5.93. The van der Waals surface area contributed by atoms with Crippen LogP contribution in [0.15, 0.2) is 36.5 Å². The van der Waals surface area contributed by atoms with Crippen molar-refractivity contribution in [1.82, 2.24) is 15.2 Å². The van der Waals surface area contributed by atoms with Gasteiger partial charge < -0.3 is 10.1 Å². The molecule has 0 fully saturated rings. The van der Waals surface area contributed by atoms with Gasteiger partial charge in [-0.25, -0.2) is 4.98 Å². The van der Waals surface area contributed by atoms with Crippen LogP contribution in [0.3, 0.4) is 0 Å². The molecule has 2 aromatic heterocycles. The van der Waals surface area contributed by atoms with E-state index in [-0.39, 0.29) is 0 Å². The number of anilines is 2. The van der Waals surface area contributed by atoms with Gasteiger partial charge in [0.1, 0.15) is 11.6 Å². The van der Waals surface area contributed by atoms with Crippen molar-refractivity contribution in [2.45, 2.75) is 13.8 Å². The largest absolute Gasteiger partial charge is 0.492 e. The van der Waals surface area contributed by atoms with Crippen molar-refractivity contribution in [2.75, 3.05) is 11.9 Å². The number of hydrogen-bond acceptors (Lipinski definition) is 4. The van der Waals surface area contributed by atoms with Crippen LogP contribution in [0.5, 0.6) is 5.75 Å². The number of para-hydroxylation sites is 2. The standard InChI is InChI=1S/C15H16N4O/c1-3-20-13-7-5-4-6-11(13)17-15-14-10(2)18-19-12(14)8-9-16-15/h4-9H,3H2,1-2H3,(H,16,17)(H,18,19). The normalized spacial score (nSPS) is 10.7. The molecule has 102 valence electrons. The smallest absolute Gasteiger partial charge is 0.142 e. The first-order valence-corrected chi connectivity index (χ1v) is 6.58. The molecule has 2 N–H and O–H groups in total. The molecule has 0 bridgehead atoms. The van der Waals surface area contributed by atoms with Crippen LogP contribution < -0.4 is 10.1 Å². The number of aromatic nitrogens is 3. The van der Waals surface area contributed by atoms with Crippen LogP contribution in [0.25, 0.3) is 10.9 Å². The molecular formula is C15H16N4O. The molecule has 2 heterocycles. The Labute approximate surface area is 117 Å². The SMILES string of the molecule is CCOc1ccccc1Nc1nccc2[nH]nc(C)c12. The summed E-state index contributed by atoms with van der Waals surface area (Å²) in [5.74, 6) is 1.59. The second-order valence-electron chi connectivity index (χ2n) is 4.45. The molecule has 0 saturated heterocycles. The van der Waals surface area contributed by atoms with Crippen molar-refractivity contribution in [3.8, 4) is 5.75 Å². The Bertz CT molecular complexity index is 736. The molecule has 1 aromatic carbocycles. The minimum atomic E-state index is 0.626. The number of fused-ring (bicyclic) bond motifs is 1. The molecule has 0 aliphatic rings. The first kappa shape index (κ1) is 12.5. The number of rotatable bonds is 4. The van der Waals surface area contributed by atoms with Crippen LogP contribution in [0.1, 0.15) is 12.6 Å². The summed E-state index contributed by atoms with van der Waals surface area (Å²) in [6.07, 6.45) is 1.76. The summed E-state index contributed by atoms with van der Waals surface area (Å²) in [7, 11) is 0. The predicted molar refractivity (Wildman–Crippen MR) is 79.5 cm³/mol. The molecule has 0 saturated carbocycles. The number of H-pyrrole nitrogens is 1. The molecule has 5 nitrogen and oxygen atoms in total. The van der Waals surface area contributed by atoms with Crippen LogP contribution in [0, 0.1) is 6.92 Å². The Morgan fingerprint density at radius 1 is 1.25 bits per heavy atom. The fourth-order valence-electron chi connectivity index (χ4n) is 2.19. The molecule has 3 rings (SSSR count).